The Labute approximate surface area is 104 Å². The number of hydrogen-bond donors (Lipinski definition) is 4. The summed E-state index contributed by atoms with van der Waals surface area (Å²) in [6.07, 6.45) is -2.08. The molecule has 0 bridgehead atoms. The van der Waals surface area contributed by atoms with Crippen molar-refractivity contribution in [1.82, 2.24) is 10.2 Å². The van der Waals surface area contributed by atoms with Gasteiger partial charge in [-0.05, 0) is 13.3 Å². The zero-order valence-electron chi connectivity index (χ0n) is 10.00. The van der Waals surface area contributed by atoms with Crippen LogP contribution >= 0.6 is 0 Å². The molecule has 1 saturated heterocycles. The second-order valence-corrected chi connectivity index (χ2v) is 4.36. The van der Waals surface area contributed by atoms with E-state index in [0.29, 0.717) is 13.0 Å². The van der Waals surface area contributed by atoms with Crippen molar-refractivity contribution < 1.29 is 24.6 Å². The van der Waals surface area contributed by atoms with Crippen LogP contribution in [0.5, 0.6) is 0 Å². The van der Waals surface area contributed by atoms with E-state index in [0.717, 1.165) is 4.90 Å². The summed E-state index contributed by atoms with van der Waals surface area (Å²) < 4.78 is 0. The summed E-state index contributed by atoms with van der Waals surface area (Å²) in [6.45, 7) is 1.89. The van der Waals surface area contributed by atoms with E-state index < -0.39 is 30.1 Å². The Morgan fingerprint density at radius 3 is 2.50 bits per heavy atom. The number of nitrogens with one attached hydrogen (secondary N) is 1. The van der Waals surface area contributed by atoms with Crippen LogP contribution in [0.2, 0.25) is 0 Å². The number of carboxylic acid groups (broad SMARTS) is 1. The molecule has 0 unspecified atom stereocenters. The first-order valence-corrected chi connectivity index (χ1v) is 5.58. The van der Waals surface area contributed by atoms with E-state index in [1.165, 1.54) is 6.92 Å². The largest absolute Gasteiger partial charge is 0.465 e. The first kappa shape index (κ1) is 14.2. The summed E-state index contributed by atoms with van der Waals surface area (Å²) in [5, 5.41) is 20.5. The number of primary amides is 1. The van der Waals surface area contributed by atoms with E-state index in [9.17, 15) is 19.5 Å². The Balaban J connectivity index is 2.47. The van der Waals surface area contributed by atoms with Gasteiger partial charge in [-0.1, -0.05) is 0 Å². The lowest BCUT2D eigenvalue weighted by Gasteiger charge is -2.19. The van der Waals surface area contributed by atoms with Gasteiger partial charge in [0.2, 0.25) is 11.8 Å². The van der Waals surface area contributed by atoms with Gasteiger partial charge >= 0.3 is 6.09 Å². The Kier molecular flexibility index (Phi) is 4.49. The molecule has 0 radical (unpaired) electrons. The molecule has 8 nitrogen and oxygen atoms in total. The number of hydrogen-bond acceptors (Lipinski definition) is 4. The Bertz CT molecular complexity index is 359. The molecule has 1 fully saturated rings. The normalized spacial score (nSPS) is 22.3. The third-order valence-electron chi connectivity index (χ3n) is 2.96. The average molecular weight is 259 g/mol. The molecule has 102 valence electrons. The lowest BCUT2D eigenvalue weighted by Crippen LogP contribution is -2.49. The highest BCUT2D eigenvalue weighted by molar-refractivity contribution is 5.83. The second kappa shape index (κ2) is 5.67. The first-order valence-electron chi connectivity index (χ1n) is 5.58. The van der Waals surface area contributed by atoms with Crippen molar-refractivity contribution in [3.63, 3.8) is 0 Å². The predicted octanol–water partition coefficient (Wildman–Crippen LogP) is -1.66. The van der Waals surface area contributed by atoms with Crippen LogP contribution in [0.25, 0.3) is 0 Å². The molecule has 1 aliphatic heterocycles. The van der Waals surface area contributed by atoms with Crippen LogP contribution in [0.3, 0.4) is 0 Å². The van der Waals surface area contributed by atoms with E-state index >= 15 is 0 Å². The molecule has 0 aromatic heterocycles. The summed E-state index contributed by atoms with van der Waals surface area (Å²) in [4.78, 5) is 34.3. The monoisotopic (exact) mass is 259 g/mol. The number of amides is 3. The molecule has 18 heavy (non-hydrogen) atoms. The van der Waals surface area contributed by atoms with Gasteiger partial charge in [0.05, 0.1) is 12.0 Å². The summed E-state index contributed by atoms with van der Waals surface area (Å²) in [7, 11) is 0. The number of carbonyl (C=O) groups excluding carboxylic acids is 2. The van der Waals surface area contributed by atoms with Gasteiger partial charge in [-0.2, -0.15) is 0 Å². The zero-order valence-corrected chi connectivity index (χ0v) is 10.00. The first-order chi connectivity index (χ1) is 8.32. The standard InChI is InChI=1S/C10H17N3O5/c1-5(7(14)8(11)15)12-9(16)6-2-3-13(4-6)10(17)18/h5-7,14H,2-4H2,1H3,(H2,11,15)(H,12,16)(H,17,18)/t5-,6-,7+/m0/s1. The minimum atomic E-state index is -1.45. The molecule has 1 rings (SSSR count). The molecular weight excluding hydrogens is 242 g/mol. The summed E-state index contributed by atoms with van der Waals surface area (Å²) >= 11 is 0. The summed E-state index contributed by atoms with van der Waals surface area (Å²) in [6, 6.07) is -0.797. The minimum Gasteiger partial charge on any atom is -0.465 e. The van der Waals surface area contributed by atoms with Gasteiger partial charge in [0, 0.05) is 13.1 Å². The average Bonchev–Trinajstić information content (AvgIpc) is 2.76. The third kappa shape index (κ3) is 3.33. The molecule has 8 heteroatoms. The van der Waals surface area contributed by atoms with Crippen molar-refractivity contribution in [2.45, 2.75) is 25.5 Å². The van der Waals surface area contributed by atoms with Gasteiger partial charge in [0.25, 0.3) is 0 Å². The summed E-state index contributed by atoms with van der Waals surface area (Å²) in [5.41, 5.74) is 4.90. The number of nitrogens with two attached hydrogens (primary N) is 1. The molecule has 0 saturated carbocycles. The van der Waals surface area contributed by atoms with E-state index in [1.54, 1.807) is 0 Å². The molecule has 5 N–H and O–H groups in total. The Hall–Kier alpha value is -1.83. The SMILES string of the molecule is C[C@H](NC(=O)[C@H]1CCN(C(=O)O)C1)[C@@H](O)C(N)=O. The van der Waals surface area contributed by atoms with Gasteiger partial charge < -0.3 is 26.2 Å². The number of aliphatic hydroxyl groups is 1. The van der Waals surface area contributed by atoms with Crippen LogP contribution in [0, 0.1) is 5.92 Å². The van der Waals surface area contributed by atoms with Crippen LogP contribution in [-0.2, 0) is 9.59 Å². The van der Waals surface area contributed by atoms with Crippen LogP contribution < -0.4 is 11.1 Å². The molecule has 1 heterocycles. The number of carbonyl (C=O) groups is 3. The zero-order chi connectivity index (χ0) is 13.9. The fraction of sp³-hybridized carbons (Fsp3) is 0.700. The second-order valence-electron chi connectivity index (χ2n) is 4.36. The van der Waals surface area contributed by atoms with Crippen molar-refractivity contribution in [3.8, 4) is 0 Å². The molecule has 0 spiro atoms. The van der Waals surface area contributed by atoms with E-state index in [1.807, 2.05) is 0 Å². The van der Waals surface area contributed by atoms with Crippen LogP contribution in [0.1, 0.15) is 13.3 Å². The van der Waals surface area contributed by atoms with E-state index in [-0.39, 0.29) is 12.5 Å². The van der Waals surface area contributed by atoms with Gasteiger partial charge in [0.15, 0.2) is 6.10 Å². The highest BCUT2D eigenvalue weighted by Gasteiger charge is 2.32. The van der Waals surface area contributed by atoms with Crippen molar-refractivity contribution in [2.75, 3.05) is 13.1 Å². The van der Waals surface area contributed by atoms with Crippen molar-refractivity contribution in [2.24, 2.45) is 11.7 Å². The summed E-state index contributed by atoms with van der Waals surface area (Å²) in [5.74, 6) is -1.75. The van der Waals surface area contributed by atoms with Crippen LogP contribution in [0.15, 0.2) is 0 Å². The van der Waals surface area contributed by atoms with E-state index in [2.05, 4.69) is 5.32 Å². The van der Waals surface area contributed by atoms with Crippen molar-refractivity contribution in [3.05, 3.63) is 0 Å². The highest BCUT2D eigenvalue weighted by atomic mass is 16.4. The molecule has 3 atom stereocenters. The lowest BCUT2D eigenvalue weighted by atomic mass is 10.1. The van der Waals surface area contributed by atoms with Crippen LogP contribution in [-0.4, -0.2) is 58.3 Å². The van der Waals surface area contributed by atoms with Gasteiger partial charge in [-0.3, -0.25) is 9.59 Å². The maximum atomic E-state index is 11.8. The van der Waals surface area contributed by atoms with E-state index in [4.69, 9.17) is 10.8 Å². The molecule has 0 aromatic carbocycles. The minimum absolute atomic E-state index is 0.126. The van der Waals surface area contributed by atoms with Crippen LogP contribution in [0.4, 0.5) is 4.79 Å². The maximum absolute atomic E-state index is 11.8. The molecule has 3 amide bonds. The third-order valence-corrected chi connectivity index (χ3v) is 2.96. The Morgan fingerprint density at radius 1 is 1.44 bits per heavy atom. The van der Waals surface area contributed by atoms with Gasteiger partial charge in [0.1, 0.15) is 0 Å². The molecular formula is C10H17N3O5. The number of aliphatic hydroxyl groups excluding tert-OH is 1. The molecule has 0 aliphatic carbocycles. The Morgan fingerprint density at radius 2 is 2.06 bits per heavy atom. The highest BCUT2D eigenvalue weighted by Crippen LogP contribution is 2.16. The smallest absolute Gasteiger partial charge is 0.407 e. The lowest BCUT2D eigenvalue weighted by molar-refractivity contribution is -0.130. The number of rotatable bonds is 4. The van der Waals surface area contributed by atoms with Gasteiger partial charge in [-0.15, -0.1) is 0 Å². The fourth-order valence-corrected chi connectivity index (χ4v) is 1.82. The fourth-order valence-electron chi connectivity index (χ4n) is 1.82. The molecule has 1 aliphatic rings. The number of likely N-dealkylation sites (tertiary alicyclic amines) is 1. The predicted molar refractivity (Wildman–Crippen MR) is 60.5 cm³/mol. The molecule has 0 aromatic rings. The van der Waals surface area contributed by atoms with Crippen molar-refractivity contribution in [1.29, 1.82) is 0 Å². The number of nitrogens with zero attached hydrogens (tertiary/aromatic N) is 1. The van der Waals surface area contributed by atoms with Gasteiger partial charge in [-0.25, -0.2) is 4.79 Å². The topological polar surface area (TPSA) is 133 Å². The maximum Gasteiger partial charge on any atom is 0.407 e. The quantitative estimate of drug-likeness (QED) is 0.479. The van der Waals surface area contributed by atoms with Crippen molar-refractivity contribution >= 4 is 17.9 Å².